The molecule has 37 heavy (non-hydrogen) atoms. The van der Waals surface area contributed by atoms with Crippen molar-refractivity contribution < 1.29 is 17.9 Å². The van der Waals surface area contributed by atoms with Gasteiger partial charge in [0.1, 0.15) is 17.4 Å². The molecule has 1 fully saturated rings. The second-order valence-electron chi connectivity index (χ2n) is 9.51. The normalized spacial score (nSPS) is 17.8. The molecule has 11 heteroatoms. The van der Waals surface area contributed by atoms with Crippen LogP contribution in [-0.2, 0) is 9.84 Å². The van der Waals surface area contributed by atoms with E-state index in [1.54, 1.807) is 18.3 Å². The van der Waals surface area contributed by atoms with E-state index in [-0.39, 0.29) is 34.6 Å². The Hall–Kier alpha value is -3.05. The molecule has 2 N–H and O–H groups in total. The fourth-order valence-electron chi connectivity index (χ4n) is 4.46. The third-order valence-electron chi connectivity index (χ3n) is 6.20. The predicted octanol–water partition coefficient (Wildman–Crippen LogP) is 4.70. The highest BCUT2D eigenvalue weighted by Gasteiger charge is 2.34. The number of halogens is 1. The number of hydrogen-bond donors (Lipinski definition) is 1. The zero-order valence-electron chi connectivity index (χ0n) is 21.2. The molecular weight excluding hydrogens is 558 g/mol. The summed E-state index contributed by atoms with van der Waals surface area (Å²) in [5.41, 5.74) is 7.23. The molecule has 9 nitrogen and oxygen atoms in total. The van der Waals surface area contributed by atoms with Gasteiger partial charge in [-0.25, -0.2) is 23.4 Å². The van der Waals surface area contributed by atoms with Gasteiger partial charge in [0.2, 0.25) is 15.7 Å². The van der Waals surface area contributed by atoms with Gasteiger partial charge in [0, 0.05) is 34.4 Å². The average molecular weight is 589 g/mol. The highest BCUT2D eigenvalue weighted by atomic mass is 79.9. The van der Waals surface area contributed by atoms with Gasteiger partial charge in [-0.2, -0.15) is 0 Å². The number of aromatic nitrogens is 3. The first-order chi connectivity index (χ1) is 17.5. The summed E-state index contributed by atoms with van der Waals surface area (Å²) in [4.78, 5) is 28.8. The van der Waals surface area contributed by atoms with Crippen LogP contribution in [0.4, 0.5) is 11.6 Å². The highest BCUT2D eigenvalue weighted by molar-refractivity contribution is 9.10. The number of carbonyl (C=O) groups excluding carboxylic acids is 1. The Morgan fingerprint density at radius 1 is 1.16 bits per heavy atom. The van der Waals surface area contributed by atoms with E-state index in [4.69, 9.17) is 15.5 Å². The van der Waals surface area contributed by atoms with Crippen molar-refractivity contribution >= 4 is 43.2 Å². The third kappa shape index (κ3) is 5.93. The molecule has 196 valence electrons. The van der Waals surface area contributed by atoms with E-state index in [1.807, 2.05) is 19.9 Å². The molecular formula is C26H30BrN5O4S. The van der Waals surface area contributed by atoms with Crippen LogP contribution in [0.15, 0.2) is 52.1 Å². The van der Waals surface area contributed by atoms with Gasteiger partial charge in [-0.05, 0) is 80.7 Å². The summed E-state index contributed by atoms with van der Waals surface area (Å²) in [7, 11) is -4.01. The molecule has 2 atom stereocenters. The Kier molecular flexibility index (Phi) is 7.84. The topological polar surface area (TPSA) is 128 Å². The summed E-state index contributed by atoms with van der Waals surface area (Å²) in [6.45, 7) is 8.01. The minimum absolute atomic E-state index is 0.00272. The smallest absolute Gasteiger partial charge is 0.213 e. The van der Waals surface area contributed by atoms with Gasteiger partial charge in [0.25, 0.3) is 0 Å². The van der Waals surface area contributed by atoms with Crippen LogP contribution in [0.25, 0.3) is 11.3 Å². The molecule has 1 saturated heterocycles. The number of rotatable bonds is 8. The minimum Gasteiger partial charge on any atom is -0.475 e. The van der Waals surface area contributed by atoms with Gasteiger partial charge in [0.15, 0.2) is 10.8 Å². The number of hydrogen-bond acceptors (Lipinski definition) is 9. The van der Waals surface area contributed by atoms with Gasteiger partial charge in [0.05, 0.1) is 17.4 Å². The first kappa shape index (κ1) is 27.0. The first-order valence-electron chi connectivity index (χ1n) is 12.1. The zero-order chi connectivity index (χ0) is 26.9. The second-order valence-corrected chi connectivity index (χ2v) is 12.3. The number of ether oxygens (including phenoxy) is 1. The first-order valence-corrected chi connectivity index (χ1v) is 14.5. The van der Waals surface area contributed by atoms with E-state index in [0.29, 0.717) is 21.9 Å². The van der Waals surface area contributed by atoms with Crippen LogP contribution in [0.3, 0.4) is 0 Å². The van der Waals surface area contributed by atoms with E-state index in [2.05, 4.69) is 44.6 Å². The Labute approximate surface area is 225 Å². The predicted molar refractivity (Wildman–Crippen MR) is 147 cm³/mol. The number of ketones is 1. The molecule has 3 aromatic rings. The molecule has 0 aromatic carbocycles. The number of pyridine rings is 3. The summed E-state index contributed by atoms with van der Waals surface area (Å²) >= 11 is 3.55. The largest absolute Gasteiger partial charge is 0.475 e. The number of nitrogens with two attached hydrogens (primary N) is 1. The Balaban J connectivity index is 1.76. The van der Waals surface area contributed by atoms with Crippen molar-refractivity contribution in [3.8, 4) is 17.1 Å². The second kappa shape index (κ2) is 10.7. The van der Waals surface area contributed by atoms with Crippen LogP contribution in [0.2, 0.25) is 0 Å². The maximum absolute atomic E-state index is 13.5. The lowest BCUT2D eigenvalue weighted by atomic mass is 10.1. The molecule has 0 aliphatic carbocycles. The minimum atomic E-state index is -4.01. The number of sulfone groups is 1. The van der Waals surface area contributed by atoms with Crippen molar-refractivity contribution in [3.63, 3.8) is 0 Å². The lowest BCUT2D eigenvalue weighted by Crippen LogP contribution is -2.35. The standard InChI is InChI=1S/C26H30BrN5O4S/c1-15(2)36-23-11-10-18(13-29-23)25-20(27)12-19(26(31-25)32-16(3)8-9-17(32)4)21(33)14-37(34,35)24-7-5-6-22(28)30-24/h5-7,10-13,15-17H,8-9,14H2,1-4H3,(H2,28,30)/t16-,17+. The van der Waals surface area contributed by atoms with Crippen molar-refractivity contribution in [3.05, 3.63) is 52.6 Å². The van der Waals surface area contributed by atoms with E-state index in [1.165, 1.54) is 18.2 Å². The molecule has 0 unspecified atom stereocenters. The van der Waals surface area contributed by atoms with Gasteiger partial charge >= 0.3 is 0 Å². The quantitative estimate of drug-likeness (QED) is 0.372. The van der Waals surface area contributed by atoms with Crippen LogP contribution in [-0.4, -0.2) is 53.1 Å². The van der Waals surface area contributed by atoms with Gasteiger partial charge in [-0.3, -0.25) is 4.79 Å². The maximum Gasteiger partial charge on any atom is 0.213 e. The van der Waals surface area contributed by atoms with E-state index < -0.39 is 21.4 Å². The summed E-state index contributed by atoms with van der Waals surface area (Å²) in [6, 6.07) is 9.87. The molecule has 0 bridgehead atoms. The lowest BCUT2D eigenvalue weighted by Gasteiger charge is -2.30. The Morgan fingerprint density at radius 2 is 1.86 bits per heavy atom. The molecule has 0 radical (unpaired) electrons. The van der Waals surface area contributed by atoms with Crippen molar-refractivity contribution in [1.29, 1.82) is 0 Å². The van der Waals surface area contributed by atoms with Crippen molar-refractivity contribution in [2.45, 2.75) is 63.8 Å². The molecule has 0 spiro atoms. The van der Waals surface area contributed by atoms with Crippen molar-refractivity contribution in [1.82, 2.24) is 15.0 Å². The average Bonchev–Trinajstić information content (AvgIpc) is 3.16. The molecule has 1 aliphatic rings. The molecule has 4 heterocycles. The molecule has 0 amide bonds. The Bertz CT molecular complexity index is 1400. The van der Waals surface area contributed by atoms with Gasteiger partial charge < -0.3 is 15.4 Å². The number of Topliss-reactive ketones (excluding diaryl/α,β-unsaturated/α-hetero) is 1. The summed E-state index contributed by atoms with van der Waals surface area (Å²) < 4.78 is 32.2. The van der Waals surface area contributed by atoms with E-state index >= 15 is 0 Å². The summed E-state index contributed by atoms with van der Waals surface area (Å²) in [5.74, 6) is -0.281. The fourth-order valence-corrected chi connectivity index (χ4v) is 6.18. The van der Waals surface area contributed by atoms with Crippen LogP contribution >= 0.6 is 15.9 Å². The van der Waals surface area contributed by atoms with E-state index in [9.17, 15) is 13.2 Å². The van der Waals surface area contributed by atoms with Gasteiger partial charge in [-0.15, -0.1) is 0 Å². The fraction of sp³-hybridized carbons (Fsp3) is 0.385. The number of carbonyl (C=O) groups is 1. The SMILES string of the molecule is CC(C)Oc1ccc(-c2nc(N3[C@H](C)CC[C@@H]3C)c(C(=O)CS(=O)(=O)c3cccc(N)n3)cc2Br)cn1. The van der Waals surface area contributed by atoms with Crippen LogP contribution in [0, 0.1) is 0 Å². The highest BCUT2D eigenvalue weighted by Crippen LogP contribution is 2.37. The molecule has 4 rings (SSSR count). The number of nitrogen functional groups attached to an aromatic ring is 1. The summed E-state index contributed by atoms with van der Waals surface area (Å²) in [6.07, 6.45) is 3.55. The number of anilines is 2. The third-order valence-corrected chi connectivity index (χ3v) is 8.32. The van der Waals surface area contributed by atoms with Crippen molar-refractivity contribution in [2.75, 3.05) is 16.4 Å². The Morgan fingerprint density at radius 3 is 2.46 bits per heavy atom. The zero-order valence-corrected chi connectivity index (χ0v) is 23.6. The lowest BCUT2D eigenvalue weighted by molar-refractivity contribution is 0.102. The molecule has 3 aromatic heterocycles. The van der Waals surface area contributed by atoms with E-state index in [0.717, 1.165) is 18.4 Å². The number of nitrogens with zero attached hydrogens (tertiary/aromatic N) is 4. The monoisotopic (exact) mass is 587 g/mol. The van der Waals surface area contributed by atoms with Crippen LogP contribution < -0.4 is 15.4 Å². The molecule has 0 saturated carbocycles. The van der Waals surface area contributed by atoms with Crippen LogP contribution in [0.1, 0.15) is 50.9 Å². The van der Waals surface area contributed by atoms with Crippen molar-refractivity contribution in [2.24, 2.45) is 0 Å². The van der Waals surface area contributed by atoms with Crippen LogP contribution in [0.5, 0.6) is 5.88 Å². The maximum atomic E-state index is 13.5. The summed E-state index contributed by atoms with van der Waals surface area (Å²) in [5, 5.41) is -0.233. The molecule has 1 aliphatic heterocycles. The van der Waals surface area contributed by atoms with Gasteiger partial charge in [-0.1, -0.05) is 6.07 Å².